The fourth-order valence-electron chi connectivity index (χ4n) is 6.41. The molecule has 3 heterocycles. The predicted octanol–water partition coefficient (Wildman–Crippen LogP) is 7.61. The second-order valence-electron chi connectivity index (χ2n) is 12.7. The van der Waals surface area contributed by atoms with E-state index >= 15 is 0 Å². The maximum atomic E-state index is 11.8. The quantitative estimate of drug-likeness (QED) is 0.190. The zero-order valence-corrected chi connectivity index (χ0v) is 29.2. The Bertz CT molecular complexity index is 1850. The van der Waals surface area contributed by atoms with Crippen molar-refractivity contribution in [3.05, 3.63) is 155 Å². The third-order valence-corrected chi connectivity index (χ3v) is 9.19. The smallest absolute Gasteiger partial charge is 0.123 e. The number of aromatic nitrogens is 4. The topological polar surface area (TPSA) is 76.1 Å². The van der Waals surface area contributed by atoms with Gasteiger partial charge in [-0.3, -0.25) is 0 Å². The third-order valence-electron chi connectivity index (χ3n) is 9.19. The molecular formula is C38H36N4O2Zn. The van der Waals surface area contributed by atoms with Crippen LogP contribution < -0.4 is 0 Å². The van der Waals surface area contributed by atoms with Crippen LogP contribution in [0, 0.1) is 0 Å². The van der Waals surface area contributed by atoms with Gasteiger partial charge in [-0.1, -0.05) is 72.8 Å². The standard InChI is InChI=1S/C38H36N4O2.Zn/c1-37(2)29-19-11-13-25(35(29)43)21-34-40-32(24-42(34)28-17-9-6-10-18-28)38(3,4)30-20-12-14-26(36(30)44)22-33-39-31(37)23-41(33)27-15-7-5-8-16-27;/h5-20,23-24,43-44H,21-22H2,1-4H3;. The number of phenols is 2. The number of imidazole rings is 2. The Balaban J connectivity index is 0.00000357. The summed E-state index contributed by atoms with van der Waals surface area (Å²) in [5, 5.41) is 23.6. The van der Waals surface area contributed by atoms with Gasteiger partial charge in [0.05, 0.1) is 11.4 Å². The van der Waals surface area contributed by atoms with E-state index in [9.17, 15) is 10.2 Å². The number of para-hydroxylation sites is 4. The van der Waals surface area contributed by atoms with Gasteiger partial charge in [-0.15, -0.1) is 0 Å². The van der Waals surface area contributed by atoms with E-state index in [0.717, 1.165) is 56.7 Å². The summed E-state index contributed by atoms with van der Waals surface area (Å²) in [6.45, 7) is 8.39. The SMILES string of the molecule is CC1(C)c2cn(-c3ccccc3)c(n2)Cc2cccc(c2O)C(C)(C)c2cn(-c3ccccc3)c(n2)Cc2cccc1c2O.[Zn]. The number of rotatable bonds is 2. The second-order valence-corrected chi connectivity index (χ2v) is 12.7. The van der Waals surface area contributed by atoms with Crippen molar-refractivity contribution in [3.63, 3.8) is 0 Å². The maximum Gasteiger partial charge on any atom is 0.123 e. The van der Waals surface area contributed by atoms with Crippen LogP contribution in [0.1, 0.15) is 73.0 Å². The van der Waals surface area contributed by atoms with E-state index in [1.165, 1.54) is 0 Å². The maximum absolute atomic E-state index is 11.8. The van der Waals surface area contributed by atoms with Crippen LogP contribution in [-0.2, 0) is 43.1 Å². The molecule has 6 nitrogen and oxygen atoms in total. The normalized spacial score (nSPS) is 14.8. The van der Waals surface area contributed by atoms with E-state index in [2.05, 4.69) is 73.5 Å². The Morgan fingerprint density at radius 2 is 0.911 bits per heavy atom. The van der Waals surface area contributed by atoms with Crippen molar-refractivity contribution in [1.82, 2.24) is 19.1 Å². The Morgan fingerprint density at radius 1 is 0.533 bits per heavy atom. The minimum absolute atomic E-state index is 0. The van der Waals surface area contributed by atoms with Crippen LogP contribution in [0.4, 0.5) is 0 Å². The number of phenolic OH excluding ortho intramolecular Hbond substituents is 2. The molecule has 0 atom stereocenters. The van der Waals surface area contributed by atoms with E-state index in [4.69, 9.17) is 9.97 Å². The summed E-state index contributed by atoms with van der Waals surface area (Å²) in [6.07, 6.45) is 4.98. The molecule has 2 aromatic heterocycles. The van der Waals surface area contributed by atoms with Crippen molar-refractivity contribution >= 4 is 0 Å². The van der Waals surface area contributed by atoms with E-state index in [0.29, 0.717) is 12.8 Å². The summed E-state index contributed by atoms with van der Waals surface area (Å²) >= 11 is 0. The minimum atomic E-state index is -0.613. The molecule has 0 spiro atoms. The molecule has 0 saturated carbocycles. The first-order valence-corrected chi connectivity index (χ1v) is 15.1. The Hall–Kier alpha value is -4.48. The second kappa shape index (κ2) is 11.5. The zero-order valence-electron chi connectivity index (χ0n) is 26.2. The number of aromatic hydroxyl groups is 2. The average Bonchev–Trinajstić information content (AvgIpc) is 3.65. The fraction of sp³-hybridized carbons (Fsp3) is 0.211. The van der Waals surface area contributed by atoms with E-state index in [1.807, 2.05) is 72.8 Å². The van der Waals surface area contributed by atoms with E-state index in [1.54, 1.807) is 0 Å². The van der Waals surface area contributed by atoms with Crippen LogP contribution in [-0.4, -0.2) is 29.3 Å². The van der Waals surface area contributed by atoms with Gasteiger partial charge in [0.1, 0.15) is 23.1 Å². The summed E-state index contributed by atoms with van der Waals surface area (Å²) in [4.78, 5) is 10.4. The Morgan fingerprint density at radius 3 is 1.29 bits per heavy atom. The number of hydrogen-bond donors (Lipinski definition) is 2. The van der Waals surface area contributed by atoms with Crippen LogP contribution >= 0.6 is 0 Å². The van der Waals surface area contributed by atoms with Gasteiger partial charge in [0, 0.05) is 89.2 Å². The molecule has 0 saturated heterocycles. The first-order chi connectivity index (χ1) is 21.1. The predicted molar refractivity (Wildman–Crippen MR) is 173 cm³/mol. The molecule has 0 aliphatic carbocycles. The van der Waals surface area contributed by atoms with Crippen molar-refractivity contribution in [2.24, 2.45) is 0 Å². The van der Waals surface area contributed by atoms with E-state index in [-0.39, 0.29) is 31.0 Å². The first-order valence-electron chi connectivity index (χ1n) is 15.1. The first kappa shape index (κ1) is 30.5. The fourth-order valence-corrected chi connectivity index (χ4v) is 6.41. The summed E-state index contributed by atoms with van der Waals surface area (Å²) in [5.41, 5.74) is 5.61. The van der Waals surface area contributed by atoms with Crippen molar-refractivity contribution < 1.29 is 29.7 Å². The van der Waals surface area contributed by atoms with Gasteiger partial charge in [-0.25, -0.2) is 9.97 Å². The number of nitrogens with zero attached hydrogens (tertiary/aromatic N) is 4. The molecule has 7 heteroatoms. The molecule has 8 bridgehead atoms. The Labute approximate surface area is 276 Å². The molecule has 1 aliphatic heterocycles. The molecule has 0 fully saturated rings. The summed E-state index contributed by atoms with van der Waals surface area (Å²) in [6, 6.07) is 32.2. The minimum Gasteiger partial charge on any atom is -0.507 e. The van der Waals surface area contributed by atoms with Gasteiger partial charge < -0.3 is 19.3 Å². The molecular weight excluding hydrogens is 610 g/mol. The van der Waals surface area contributed by atoms with Crippen molar-refractivity contribution in [2.45, 2.75) is 51.4 Å². The molecule has 0 radical (unpaired) electrons. The summed E-state index contributed by atoms with van der Waals surface area (Å²) in [7, 11) is 0. The molecule has 1 aliphatic rings. The molecule has 222 valence electrons. The van der Waals surface area contributed by atoms with E-state index < -0.39 is 10.8 Å². The number of fused-ring (bicyclic) bond motifs is 8. The molecule has 45 heavy (non-hydrogen) atoms. The van der Waals surface area contributed by atoms with Crippen molar-refractivity contribution in [2.75, 3.05) is 0 Å². The van der Waals surface area contributed by atoms with Gasteiger partial charge >= 0.3 is 0 Å². The molecule has 6 aromatic rings. The molecule has 0 amide bonds. The average molecular weight is 646 g/mol. The van der Waals surface area contributed by atoms with Gasteiger partial charge in [0.15, 0.2) is 0 Å². The van der Waals surface area contributed by atoms with Gasteiger partial charge in [0.2, 0.25) is 0 Å². The molecule has 0 unspecified atom stereocenters. The van der Waals surface area contributed by atoms with Crippen LogP contribution in [0.15, 0.2) is 109 Å². The van der Waals surface area contributed by atoms with Gasteiger partial charge in [-0.05, 0) is 52.0 Å². The third kappa shape index (κ3) is 5.19. The van der Waals surface area contributed by atoms with Crippen molar-refractivity contribution in [3.8, 4) is 22.9 Å². The largest absolute Gasteiger partial charge is 0.507 e. The number of hydrogen-bond acceptors (Lipinski definition) is 4. The van der Waals surface area contributed by atoms with Crippen LogP contribution in [0.2, 0.25) is 0 Å². The van der Waals surface area contributed by atoms with Gasteiger partial charge in [-0.2, -0.15) is 0 Å². The Kier molecular flexibility index (Phi) is 7.78. The van der Waals surface area contributed by atoms with Gasteiger partial charge in [0.25, 0.3) is 0 Å². The zero-order chi connectivity index (χ0) is 30.6. The molecule has 7 rings (SSSR count). The summed E-state index contributed by atoms with van der Waals surface area (Å²) < 4.78 is 4.20. The van der Waals surface area contributed by atoms with Crippen LogP contribution in [0.3, 0.4) is 0 Å². The molecule has 2 N–H and O–H groups in total. The summed E-state index contributed by atoms with van der Waals surface area (Å²) in [5.74, 6) is 2.13. The number of benzene rings is 4. The monoisotopic (exact) mass is 644 g/mol. The van der Waals surface area contributed by atoms with Crippen molar-refractivity contribution in [1.29, 1.82) is 0 Å². The van der Waals surface area contributed by atoms with Crippen LogP contribution in [0.25, 0.3) is 11.4 Å². The molecule has 4 aromatic carbocycles. The van der Waals surface area contributed by atoms with Crippen LogP contribution in [0.5, 0.6) is 11.5 Å².